The molecule has 0 saturated carbocycles. The number of aryl methyl sites for hydroxylation is 1. The molecular formula is C23H30N4O3S. The van der Waals surface area contributed by atoms with E-state index in [-0.39, 0.29) is 11.9 Å². The van der Waals surface area contributed by atoms with Gasteiger partial charge in [0.25, 0.3) is 0 Å². The molecule has 31 heavy (non-hydrogen) atoms. The zero-order valence-corrected chi connectivity index (χ0v) is 18.6. The molecule has 1 N–H and O–H groups in total. The molecule has 3 aliphatic heterocycles. The summed E-state index contributed by atoms with van der Waals surface area (Å²) in [6, 6.07) is 9.65. The monoisotopic (exact) mass is 442 g/mol. The van der Waals surface area contributed by atoms with E-state index in [9.17, 15) is 13.2 Å². The number of sulfonamides is 1. The Kier molecular flexibility index (Phi) is 5.62. The Morgan fingerprint density at radius 3 is 2.65 bits per heavy atom. The summed E-state index contributed by atoms with van der Waals surface area (Å²) in [6.07, 6.45) is 7.58. The largest absolute Gasteiger partial charge is 0.364 e. The molecule has 8 heteroatoms. The van der Waals surface area contributed by atoms with Crippen LogP contribution in [-0.4, -0.2) is 61.2 Å². The molecule has 7 nitrogen and oxygen atoms in total. The first-order valence-electron chi connectivity index (χ1n) is 11.3. The maximum absolute atomic E-state index is 13.3. The SMILES string of the molecule is O=C(CN1CCCC1c1ccc[nH]1)N1CCCc2cc(S(=O)(=O)N3CCCC3)ccc21. The number of amides is 1. The standard InChI is InChI=1S/C23H30N4O3S/c28-23(17-25-12-5-8-22(25)20-7-3-11-24-20)27-15-4-6-18-16-19(9-10-21(18)27)31(29,30)26-13-1-2-14-26/h3,7,9-11,16,22,24H,1-2,4-6,8,12-15,17H2. The lowest BCUT2D eigenvalue weighted by atomic mass is 10.0. The Morgan fingerprint density at radius 1 is 1.03 bits per heavy atom. The molecule has 5 rings (SSSR count). The average molecular weight is 443 g/mol. The molecule has 1 atom stereocenters. The summed E-state index contributed by atoms with van der Waals surface area (Å²) >= 11 is 0. The van der Waals surface area contributed by atoms with Crippen molar-refractivity contribution in [3.05, 3.63) is 47.8 Å². The zero-order chi connectivity index (χ0) is 21.4. The minimum atomic E-state index is -3.44. The van der Waals surface area contributed by atoms with E-state index in [1.54, 1.807) is 16.4 Å². The van der Waals surface area contributed by atoms with Crippen molar-refractivity contribution in [3.63, 3.8) is 0 Å². The van der Waals surface area contributed by atoms with Crippen LogP contribution >= 0.6 is 0 Å². The minimum absolute atomic E-state index is 0.0922. The lowest BCUT2D eigenvalue weighted by Crippen LogP contribution is -2.42. The second-order valence-electron chi connectivity index (χ2n) is 8.80. The number of aromatic nitrogens is 1. The lowest BCUT2D eigenvalue weighted by Gasteiger charge is -2.32. The van der Waals surface area contributed by atoms with E-state index in [0.717, 1.165) is 56.3 Å². The number of hydrogen-bond acceptors (Lipinski definition) is 4. The summed E-state index contributed by atoms with van der Waals surface area (Å²) in [5.41, 5.74) is 3.00. The summed E-state index contributed by atoms with van der Waals surface area (Å²) in [5, 5.41) is 0. The van der Waals surface area contributed by atoms with E-state index >= 15 is 0 Å². The maximum Gasteiger partial charge on any atom is 0.243 e. The predicted octanol–water partition coefficient (Wildman–Crippen LogP) is 2.92. The highest BCUT2D eigenvalue weighted by molar-refractivity contribution is 7.89. The van der Waals surface area contributed by atoms with Crippen molar-refractivity contribution in [2.24, 2.45) is 0 Å². The summed E-state index contributed by atoms with van der Waals surface area (Å²) < 4.78 is 27.5. The number of carbonyl (C=O) groups is 1. The van der Waals surface area contributed by atoms with E-state index < -0.39 is 10.0 Å². The smallest absolute Gasteiger partial charge is 0.243 e. The third kappa shape index (κ3) is 3.92. The molecule has 2 aromatic rings. The molecule has 2 fully saturated rings. The third-order valence-corrected chi connectivity index (χ3v) is 8.75. The predicted molar refractivity (Wildman–Crippen MR) is 119 cm³/mol. The van der Waals surface area contributed by atoms with Crippen molar-refractivity contribution in [2.75, 3.05) is 37.6 Å². The zero-order valence-electron chi connectivity index (χ0n) is 17.8. The van der Waals surface area contributed by atoms with Crippen molar-refractivity contribution in [3.8, 4) is 0 Å². The molecule has 0 radical (unpaired) electrons. The van der Waals surface area contributed by atoms with Gasteiger partial charge in [-0.1, -0.05) is 0 Å². The van der Waals surface area contributed by atoms with Crippen LogP contribution in [0.5, 0.6) is 0 Å². The molecule has 0 spiro atoms. The third-order valence-electron chi connectivity index (χ3n) is 6.86. The Labute approximate surface area is 184 Å². The maximum atomic E-state index is 13.3. The van der Waals surface area contributed by atoms with Crippen LogP contribution in [0, 0.1) is 0 Å². The van der Waals surface area contributed by atoms with E-state index in [1.807, 2.05) is 23.2 Å². The Balaban J connectivity index is 1.34. The summed E-state index contributed by atoms with van der Waals surface area (Å²) in [7, 11) is -3.44. The number of carbonyl (C=O) groups excluding carboxylic acids is 1. The fraction of sp³-hybridized carbons (Fsp3) is 0.522. The van der Waals surface area contributed by atoms with Crippen LogP contribution < -0.4 is 4.90 Å². The highest BCUT2D eigenvalue weighted by Crippen LogP contribution is 2.33. The van der Waals surface area contributed by atoms with Crippen LogP contribution in [0.3, 0.4) is 0 Å². The molecule has 1 amide bonds. The summed E-state index contributed by atoms with van der Waals surface area (Å²) in [6.45, 7) is 3.19. The van der Waals surface area contributed by atoms with Gasteiger partial charge in [-0.3, -0.25) is 9.69 Å². The molecule has 1 unspecified atom stereocenters. The number of aromatic amines is 1. The quantitative estimate of drug-likeness (QED) is 0.773. The van der Waals surface area contributed by atoms with Crippen molar-refractivity contribution >= 4 is 21.6 Å². The fourth-order valence-electron chi connectivity index (χ4n) is 5.25. The van der Waals surface area contributed by atoms with Gasteiger partial charge in [-0.05, 0) is 81.0 Å². The second-order valence-corrected chi connectivity index (χ2v) is 10.7. The van der Waals surface area contributed by atoms with E-state index in [2.05, 4.69) is 16.0 Å². The van der Waals surface area contributed by atoms with Gasteiger partial charge in [0.15, 0.2) is 0 Å². The number of hydrogen-bond donors (Lipinski definition) is 1. The molecular weight excluding hydrogens is 412 g/mol. The van der Waals surface area contributed by atoms with Gasteiger partial charge in [0, 0.05) is 37.2 Å². The molecule has 4 heterocycles. The van der Waals surface area contributed by atoms with Crippen molar-refractivity contribution in [2.45, 2.75) is 49.5 Å². The van der Waals surface area contributed by atoms with Gasteiger partial charge in [0.05, 0.1) is 17.5 Å². The van der Waals surface area contributed by atoms with Crippen LogP contribution in [-0.2, 0) is 21.2 Å². The van der Waals surface area contributed by atoms with Crippen LogP contribution in [0.2, 0.25) is 0 Å². The van der Waals surface area contributed by atoms with Crippen molar-refractivity contribution < 1.29 is 13.2 Å². The van der Waals surface area contributed by atoms with Crippen molar-refractivity contribution in [1.29, 1.82) is 0 Å². The molecule has 1 aromatic heterocycles. The van der Waals surface area contributed by atoms with E-state index in [4.69, 9.17) is 0 Å². The minimum Gasteiger partial charge on any atom is -0.364 e. The molecule has 0 bridgehead atoms. The Bertz CT molecular complexity index is 1040. The number of anilines is 1. The van der Waals surface area contributed by atoms with Gasteiger partial charge < -0.3 is 9.88 Å². The van der Waals surface area contributed by atoms with Gasteiger partial charge in [0.1, 0.15) is 0 Å². The number of H-pyrrole nitrogens is 1. The van der Waals surface area contributed by atoms with Crippen LogP contribution in [0.1, 0.15) is 49.4 Å². The van der Waals surface area contributed by atoms with E-state index in [0.29, 0.717) is 31.1 Å². The topological polar surface area (TPSA) is 76.7 Å². The normalized spacial score (nSPS) is 22.7. The highest BCUT2D eigenvalue weighted by Gasteiger charge is 2.32. The number of fused-ring (bicyclic) bond motifs is 1. The molecule has 166 valence electrons. The number of nitrogens with zero attached hydrogens (tertiary/aromatic N) is 3. The summed E-state index contributed by atoms with van der Waals surface area (Å²) in [5.74, 6) is 0.0922. The molecule has 2 saturated heterocycles. The lowest BCUT2D eigenvalue weighted by molar-refractivity contribution is -0.120. The number of rotatable bonds is 5. The fourth-order valence-corrected chi connectivity index (χ4v) is 6.82. The average Bonchev–Trinajstić information content (AvgIpc) is 3.55. The van der Waals surface area contributed by atoms with Gasteiger partial charge in [-0.25, -0.2) is 8.42 Å². The van der Waals surface area contributed by atoms with Gasteiger partial charge in [-0.2, -0.15) is 4.31 Å². The van der Waals surface area contributed by atoms with Crippen LogP contribution in [0.4, 0.5) is 5.69 Å². The van der Waals surface area contributed by atoms with Crippen LogP contribution in [0.15, 0.2) is 41.4 Å². The van der Waals surface area contributed by atoms with Crippen molar-refractivity contribution in [1.82, 2.24) is 14.2 Å². The molecule has 0 aliphatic carbocycles. The van der Waals surface area contributed by atoms with Gasteiger partial charge >= 0.3 is 0 Å². The molecule has 3 aliphatic rings. The second kappa shape index (κ2) is 8.41. The molecule has 1 aromatic carbocycles. The first-order valence-corrected chi connectivity index (χ1v) is 12.8. The number of likely N-dealkylation sites (tertiary alicyclic amines) is 1. The van der Waals surface area contributed by atoms with Gasteiger partial charge in [0.2, 0.25) is 15.9 Å². The van der Waals surface area contributed by atoms with Gasteiger partial charge in [-0.15, -0.1) is 0 Å². The highest BCUT2D eigenvalue weighted by atomic mass is 32.2. The number of nitrogens with one attached hydrogen (secondary N) is 1. The Hall–Kier alpha value is -2.16. The summed E-state index contributed by atoms with van der Waals surface area (Å²) in [4.78, 5) is 21.0. The van der Waals surface area contributed by atoms with E-state index in [1.165, 1.54) is 5.69 Å². The van der Waals surface area contributed by atoms with Crippen LogP contribution in [0.25, 0.3) is 0 Å². The number of benzene rings is 1. The Morgan fingerprint density at radius 2 is 1.87 bits per heavy atom. The first-order chi connectivity index (χ1) is 15.0. The first kappa shape index (κ1) is 20.7.